The van der Waals surface area contributed by atoms with Crippen molar-refractivity contribution in [3.63, 3.8) is 0 Å². The molecule has 3 heteroatoms. The van der Waals surface area contributed by atoms with E-state index in [1.165, 1.54) is 17.2 Å². The molecule has 0 saturated carbocycles. The number of aryl methyl sites for hydroxylation is 1. The number of nitrogens with one attached hydrogen (secondary N) is 1. The molecular weight excluding hydrogens is 238 g/mol. The largest absolute Gasteiger partial charge is 0.504 e. The molecule has 0 aliphatic heterocycles. The standard InChI is InChI=1S/C16H19NO2/c1-2-12-6-3-4-7-13(12)10-17-11-14-8-5-9-15(18)16(14)19/h3-9,17-19H,2,10-11H2,1H3. The molecule has 2 rings (SSSR count). The maximum Gasteiger partial charge on any atom is 0.161 e. The Morgan fingerprint density at radius 2 is 1.47 bits per heavy atom. The van der Waals surface area contributed by atoms with E-state index in [9.17, 15) is 10.2 Å². The highest BCUT2D eigenvalue weighted by atomic mass is 16.3. The molecule has 0 aliphatic carbocycles. The highest BCUT2D eigenvalue weighted by Crippen LogP contribution is 2.27. The van der Waals surface area contributed by atoms with E-state index in [4.69, 9.17) is 0 Å². The third-order valence-electron chi connectivity index (χ3n) is 3.23. The van der Waals surface area contributed by atoms with Crippen LogP contribution in [0, 0.1) is 0 Å². The monoisotopic (exact) mass is 257 g/mol. The van der Waals surface area contributed by atoms with Crippen LogP contribution in [0.2, 0.25) is 0 Å². The number of rotatable bonds is 5. The number of phenols is 2. The predicted octanol–water partition coefficient (Wildman–Crippen LogP) is 2.95. The number of hydrogen-bond donors (Lipinski definition) is 3. The summed E-state index contributed by atoms with van der Waals surface area (Å²) in [5, 5.41) is 22.4. The molecule has 3 N–H and O–H groups in total. The topological polar surface area (TPSA) is 52.5 Å². The summed E-state index contributed by atoms with van der Waals surface area (Å²) in [6, 6.07) is 13.3. The van der Waals surface area contributed by atoms with Gasteiger partial charge in [-0.3, -0.25) is 0 Å². The molecule has 3 nitrogen and oxygen atoms in total. The summed E-state index contributed by atoms with van der Waals surface area (Å²) >= 11 is 0. The van der Waals surface area contributed by atoms with Gasteiger partial charge in [0.1, 0.15) is 0 Å². The Bertz CT molecular complexity index is 552. The Balaban J connectivity index is 1.98. The molecule has 0 aliphatic rings. The number of hydrogen-bond acceptors (Lipinski definition) is 3. The molecule has 0 saturated heterocycles. The second-order valence-electron chi connectivity index (χ2n) is 4.51. The predicted molar refractivity (Wildman–Crippen MR) is 76.1 cm³/mol. The average Bonchev–Trinajstić information content (AvgIpc) is 2.44. The minimum atomic E-state index is -0.0757. The van der Waals surface area contributed by atoms with Crippen LogP contribution in [0.1, 0.15) is 23.6 Å². The van der Waals surface area contributed by atoms with Crippen molar-refractivity contribution in [2.45, 2.75) is 26.4 Å². The van der Waals surface area contributed by atoms with E-state index in [0.717, 1.165) is 13.0 Å². The first-order valence-corrected chi connectivity index (χ1v) is 6.49. The van der Waals surface area contributed by atoms with Crippen molar-refractivity contribution in [2.24, 2.45) is 0 Å². The van der Waals surface area contributed by atoms with Crippen LogP contribution in [-0.4, -0.2) is 10.2 Å². The maximum absolute atomic E-state index is 9.71. The van der Waals surface area contributed by atoms with Gasteiger partial charge in [-0.05, 0) is 23.6 Å². The van der Waals surface area contributed by atoms with Crippen LogP contribution in [0.4, 0.5) is 0 Å². The molecule has 0 fully saturated rings. The second-order valence-corrected chi connectivity index (χ2v) is 4.51. The molecule has 0 amide bonds. The van der Waals surface area contributed by atoms with Gasteiger partial charge in [-0.15, -0.1) is 0 Å². The summed E-state index contributed by atoms with van der Waals surface area (Å²) < 4.78 is 0. The zero-order valence-electron chi connectivity index (χ0n) is 11.1. The molecule has 2 aromatic carbocycles. The average molecular weight is 257 g/mol. The van der Waals surface area contributed by atoms with Crippen molar-refractivity contribution < 1.29 is 10.2 Å². The van der Waals surface area contributed by atoms with E-state index < -0.39 is 0 Å². The van der Waals surface area contributed by atoms with Gasteiger partial charge >= 0.3 is 0 Å². The summed E-state index contributed by atoms with van der Waals surface area (Å²) in [5.74, 6) is -0.118. The zero-order chi connectivity index (χ0) is 13.7. The molecule has 0 atom stereocenters. The Morgan fingerprint density at radius 1 is 0.842 bits per heavy atom. The van der Waals surface area contributed by atoms with Crippen LogP contribution in [-0.2, 0) is 19.5 Å². The van der Waals surface area contributed by atoms with Crippen molar-refractivity contribution in [1.82, 2.24) is 5.32 Å². The van der Waals surface area contributed by atoms with Crippen molar-refractivity contribution in [3.05, 3.63) is 59.2 Å². The van der Waals surface area contributed by atoms with E-state index >= 15 is 0 Å². The number of benzene rings is 2. The van der Waals surface area contributed by atoms with Crippen molar-refractivity contribution in [3.8, 4) is 11.5 Å². The molecule has 0 spiro atoms. The highest BCUT2D eigenvalue weighted by Gasteiger charge is 2.05. The van der Waals surface area contributed by atoms with Crippen LogP contribution in [0.3, 0.4) is 0 Å². The lowest BCUT2D eigenvalue weighted by molar-refractivity contribution is 0.397. The van der Waals surface area contributed by atoms with Crippen molar-refractivity contribution in [1.29, 1.82) is 0 Å². The van der Waals surface area contributed by atoms with Crippen LogP contribution >= 0.6 is 0 Å². The van der Waals surface area contributed by atoms with Crippen molar-refractivity contribution >= 4 is 0 Å². The Kier molecular flexibility index (Phi) is 4.42. The molecule has 100 valence electrons. The van der Waals surface area contributed by atoms with Gasteiger partial charge < -0.3 is 15.5 Å². The molecule has 0 unspecified atom stereocenters. The Labute approximate surface area is 113 Å². The van der Waals surface area contributed by atoms with Crippen molar-refractivity contribution in [2.75, 3.05) is 0 Å². The third kappa shape index (κ3) is 3.26. The fraction of sp³-hybridized carbons (Fsp3) is 0.250. The fourth-order valence-corrected chi connectivity index (χ4v) is 2.13. The lowest BCUT2D eigenvalue weighted by atomic mass is 10.1. The first kappa shape index (κ1) is 13.4. The van der Waals surface area contributed by atoms with Gasteiger partial charge in [-0.25, -0.2) is 0 Å². The summed E-state index contributed by atoms with van der Waals surface area (Å²) in [7, 11) is 0. The zero-order valence-corrected chi connectivity index (χ0v) is 11.1. The first-order valence-electron chi connectivity index (χ1n) is 6.49. The van der Waals surface area contributed by atoms with Crippen LogP contribution in [0.25, 0.3) is 0 Å². The van der Waals surface area contributed by atoms with Gasteiger partial charge in [0, 0.05) is 18.7 Å². The van der Waals surface area contributed by atoms with Crippen LogP contribution in [0.5, 0.6) is 11.5 Å². The summed E-state index contributed by atoms with van der Waals surface area (Å²) in [6.45, 7) is 3.41. The maximum atomic E-state index is 9.71. The highest BCUT2D eigenvalue weighted by molar-refractivity contribution is 5.44. The molecule has 0 aromatic heterocycles. The van der Waals surface area contributed by atoms with Gasteiger partial charge in [-0.2, -0.15) is 0 Å². The number of aromatic hydroxyl groups is 2. The molecule has 0 bridgehead atoms. The van der Waals surface area contributed by atoms with E-state index in [0.29, 0.717) is 12.1 Å². The van der Waals surface area contributed by atoms with Gasteiger partial charge in [0.05, 0.1) is 0 Å². The lowest BCUT2D eigenvalue weighted by Gasteiger charge is -2.10. The van der Waals surface area contributed by atoms with E-state index in [-0.39, 0.29) is 11.5 Å². The third-order valence-corrected chi connectivity index (χ3v) is 3.23. The van der Waals surface area contributed by atoms with Gasteiger partial charge in [-0.1, -0.05) is 43.3 Å². The summed E-state index contributed by atoms with van der Waals surface area (Å²) in [4.78, 5) is 0. The van der Waals surface area contributed by atoms with Gasteiger partial charge in [0.15, 0.2) is 11.5 Å². The molecule has 0 radical (unpaired) electrons. The minimum Gasteiger partial charge on any atom is -0.504 e. The number of phenolic OH excluding ortho intramolecular Hbond substituents is 2. The number of para-hydroxylation sites is 1. The van der Waals surface area contributed by atoms with E-state index in [1.54, 1.807) is 12.1 Å². The Morgan fingerprint density at radius 3 is 2.21 bits per heavy atom. The minimum absolute atomic E-state index is 0.0428. The van der Waals surface area contributed by atoms with Gasteiger partial charge in [0.2, 0.25) is 0 Å². The normalized spacial score (nSPS) is 10.6. The summed E-state index contributed by atoms with van der Waals surface area (Å²) in [6.07, 6.45) is 1.01. The van der Waals surface area contributed by atoms with Crippen LogP contribution in [0.15, 0.2) is 42.5 Å². The lowest BCUT2D eigenvalue weighted by Crippen LogP contribution is -2.14. The van der Waals surface area contributed by atoms with Gasteiger partial charge in [0.25, 0.3) is 0 Å². The second kappa shape index (κ2) is 6.25. The Hall–Kier alpha value is -2.00. The fourth-order valence-electron chi connectivity index (χ4n) is 2.13. The van der Waals surface area contributed by atoms with Crippen LogP contribution < -0.4 is 5.32 Å². The van der Waals surface area contributed by atoms with E-state index in [1.807, 2.05) is 12.1 Å². The van der Waals surface area contributed by atoms with E-state index in [2.05, 4.69) is 24.4 Å². The summed E-state index contributed by atoms with van der Waals surface area (Å²) in [5.41, 5.74) is 3.30. The molecule has 2 aromatic rings. The first-order chi connectivity index (χ1) is 9.22. The quantitative estimate of drug-likeness (QED) is 0.722. The SMILES string of the molecule is CCc1ccccc1CNCc1cccc(O)c1O. The molecule has 19 heavy (non-hydrogen) atoms. The smallest absolute Gasteiger partial charge is 0.161 e. The molecular formula is C16H19NO2. The molecule has 0 heterocycles.